The second-order valence-electron chi connectivity index (χ2n) is 12.3. The lowest BCUT2D eigenvalue weighted by Gasteiger charge is -2.59. The van der Waals surface area contributed by atoms with Gasteiger partial charge in [-0.05, 0) is 75.1 Å². The van der Waals surface area contributed by atoms with Gasteiger partial charge in [-0.25, -0.2) is 13.8 Å². The molecular formula is C28H31ClF2N6. The highest BCUT2D eigenvalue weighted by Gasteiger charge is 2.57. The second-order valence-corrected chi connectivity index (χ2v) is 12.7. The predicted octanol–water partition coefficient (Wildman–Crippen LogP) is 5.82. The molecule has 0 amide bonds. The van der Waals surface area contributed by atoms with E-state index in [2.05, 4.69) is 43.6 Å². The van der Waals surface area contributed by atoms with Crippen molar-refractivity contribution in [3.8, 4) is 5.69 Å². The molecular weight excluding hydrogens is 494 g/mol. The Morgan fingerprint density at radius 2 is 1.76 bits per heavy atom. The first-order valence-electron chi connectivity index (χ1n) is 13.1. The van der Waals surface area contributed by atoms with Crippen molar-refractivity contribution in [2.24, 2.45) is 5.41 Å². The number of pyridine rings is 1. The lowest BCUT2D eigenvalue weighted by Crippen LogP contribution is -2.62. The molecule has 0 bridgehead atoms. The summed E-state index contributed by atoms with van der Waals surface area (Å²) in [5.41, 5.74) is 4.10. The van der Waals surface area contributed by atoms with Gasteiger partial charge in [0.05, 0.1) is 12.2 Å². The Morgan fingerprint density at radius 3 is 2.46 bits per heavy atom. The van der Waals surface area contributed by atoms with E-state index >= 15 is 0 Å². The summed E-state index contributed by atoms with van der Waals surface area (Å²) in [7, 11) is 0. The maximum Gasteiger partial charge on any atom is 0.251 e. The lowest BCUT2D eigenvalue weighted by molar-refractivity contribution is -0.173. The summed E-state index contributed by atoms with van der Waals surface area (Å²) in [5, 5.41) is 9.93. The van der Waals surface area contributed by atoms with E-state index < -0.39 is 11.5 Å². The number of fused-ring (bicyclic) bond motifs is 3. The van der Waals surface area contributed by atoms with Crippen LogP contribution in [0.4, 0.5) is 14.6 Å². The Kier molecular flexibility index (Phi) is 4.91. The molecule has 0 unspecified atom stereocenters. The van der Waals surface area contributed by atoms with Crippen LogP contribution in [0.15, 0.2) is 30.3 Å². The minimum Gasteiger partial charge on any atom is -0.355 e. The Labute approximate surface area is 220 Å². The van der Waals surface area contributed by atoms with Gasteiger partial charge in [0.15, 0.2) is 5.82 Å². The fourth-order valence-corrected chi connectivity index (χ4v) is 7.49. The fraction of sp³-hybridized carbons (Fsp3) is 0.536. The largest absolute Gasteiger partial charge is 0.355 e. The summed E-state index contributed by atoms with van der Waals surface area (Å²) in [4.78, 5) is 9.25. The SMILES string of the molecule is Cc1cc(C)nc(N2CC3(CC(c4nnc5n4-c4ccc(Cl)cc4CN(C4(C)CC(F)(F)C4)C5)C3)C2)c1. The number of aryl methyl sites for hydroxylation is 2. The van der Waals surface area contributed by atoms with Crippen LogP contribution >= 0.6 is 11.6 Å². The number of hydrogen-bond donors (Lipinski definition) is 0. The van der Waals surface area contributed by atoms with Crippen molar-refractivity contribution in [1.82, 2.24) is 24.6 Å². The Bertz CT molecular complexity index is 1380. The third-order valence-electron chi connectivity index (χ3n) is 8.96. The molecule has 9 heteroatoms. The molecule has 0 N–H and O–H groups in total. The zero-order valence-corrected chi connectivity index (χ0v) is 22.2. The van der Waals surface area contributed by atoms with Crippen LogP contribution in [-0.4, -0.2) is 49.2 Å². The monoisotopic (exact) mass is 524 g/mol. The molecule has 7 rings (SSSR count). The average molecular weight is 525 g/mol. The zero-order valence-electron chi connectivity index (χ0n) is 21.4. The predicted molar refractivity (Wildman–Crippen MR) is 139 cm³/mol. The van der Waals surface area contributed by atoms with Crippen LogP contribution in [0.3, 0.4) is 0 Å². The van der Waals surface area contributed by atoms with E-state index in [9.17, 15) is 8.78 Å². The van der Waals surface area contributed by atoms with Crippen molar-refractivity contribution in [3.63, 3.8) is 0 Å². The van der Waals surface area contributed by atoms with Crippen molar-refractivity contribution < 1.29 is 8.78 Å². The van der Waals surface area contributed by atoms with Gasteiger partial charge in [-0.3, -0.25) is 9.47 Å². The smallest absolute Gasteiger partial charge is 0.251 e. The molecule has 0 radical (unpaired) electrons. The summed E-state index contributed by atoms with van der Waals surface area (Å²) in [6, 6.07) is 10.2. The topological polar surface area (TPSA) is 50.1 Å². The van der Waals surface area contributed by atoms with Crippen molar-refractivity contribution in [3.05, 3.63) is 63.8 Å². The van der Waals surface area contributed by atoms with E-state index in [4.69, 9.17) is 16.6 Å². The molecule has 2 aliphatic carbocycles. The molecule has 4 heterocycles. The summed E-state index contributed by atoms with van der Waals surface area (Å²) in [5.74, 6) is 0.611. The standard InChI is InChI=1S/C28H31ClF2N6/c1-17-6-18(2)32-23(7-17)35-15-27(16-35)9-20(10-27)25-34-33-24-12-36(26(3)13-28(30,31)14-26)11-19-8-21(29)4-5-22(19)37(24)25/h4-8,20H,9-16H2,1-3H3. The van der Waals surface area contributed by atoms with E-state index in [-0.39, 0.29) is 12.8 Å². The average Bonchev–Trinajstić information content (AvgIpc) is 3.04. The van der Waals surface area contributed by atoms with Crippen molar-refractivity contribution in [2.75, 3.05) is 18.0 Å². The molecule has 4 aliphatic rings. The highest BCUT2D eigenvalue weighted by Crippen LogP contribution is 2.57. The molecule has 1 spiro atoms. The third kappa shape index (κ3) is 3.78. The summed E-state index contributed by atoms with van der Waals surface area (Å²) in [6.45, 7) is 9.20. The first-order chi connectivity index (χ1) is 17.5. The highest BCUT2D eigenvalue weighted by molar-refractivity contribution is 6.30. The van der Waals surface area contributed by atoms with Gasteiger partial charge in [0.25, 0.3) is 5.92 Å². The number of aromatic nitrogens is 4. The molecule has 3 aromatic rings. The molecule has 2 aromatic heterocycles. The van der Waals surface area contributed by atoms with Gasteiger partial charge < -0.3 is 4.90 Å². The number of nitrogens with zero attached hydrogens (tertiary/aromatic N) is 6. The molecule has 2 aliphatic heterocycles. The van der Waals surface area contributed by atoms with Crippen LogP contribution in [0.1, 0.15) is 67.0 Å². The number of anilines is 1. The summed E-state index contributed by atoms with van der Waals surface area (Å²) < 4.78 is 30.0. The molecule has 1 aromatic carbocycles. The molecule has 37 heavy (non-hydrogen) atoms. The quantitative estimate of drug-likeness (QED) is 0.432. The van der Waals surface area contributed by atoms with Crippen LogP contribution in [0, 0.1) is 19.3 Å². The minimum absolute atomic E-state index is 0.131. The molecule has 6 nitrogen and oxygen atoms in total. The maximum atomic E-state index is 13.9. The minimum atomic E-state index is -2.60. The van der Waals surface area contributed by atoms with Crippen LogP contribution in [0.25, 0.3) is 5.69 Å². The van der Waals surface area contributed by atoms with Crippen LogP contribution < -0.4 is 4.90 Å². The molecule has 1 saturated heterocycles. The van der Waals surface area contributed by atoms with E-state index in [0.717, 1.165) is 60.3 Å². The van der Waals surface area contributed by atoms with E-state index in [1.807, 2.05) is 32.0 Å². The normalized spacial score (nSPS) is 23.5. The van der Waals surface area contributed by atoms with Crippen LogP contribution in [0.5, 0.6) is 0 Å². The summed E-state index contributed by atoms with van der Waals surface area (Å²) in [6.07, 6.45) is 1.88. The van der Waals surface area contributed by atoms with Crippen LogP contribution in [-0.2, 0) is 13.1 Å². The van der Waals surface area contributed by atoms with Crippen molar-refractivity contribution in [2.45, 2.75) is 76.9 Å². The molecule has 3 fully saturated rings. The van der Waals surface area contributed by atoms with E-state index in [0.29, 0.717) is 29.4 Å². The fourth-order valence-electron chi connectivity index (χ4n) is 7.29. The van der Waals surface area contributed by atoms with Gasteiger partial charge in [-0.2, -0.15) is 0 Å². The molecule has 0 atom stereocenters. The van der Waals surface area contributed by atoms with Gasteiger partial charge in [0.2, 0.25) is 0 Å². The Hall–Kier alpha value is -2.58. The van der Waals surface area contributed by atoms with Crippen molar-refractivity contribution in [1.29, 1.82) is 0 Å². The van der Waals surface area contributed by atoms with Gasteiger partial charge in [0.1, 0.15) is 11.6 Å². The molecule has 194 valence electrons. The lowest BCUT2D eigenvalue weighted by atomic mass is 9.57. The highest BCUT2D eigenvalue weighted by atomic mass is 35.5. The Morgan fingerprint density at radius 1 is 1.00 bits per heavy atom. The van der Waals surface area contributed by atoms with E-state index in [1.165, 1.54) is 5.56 Å². The van der Waals surface area contributed by atoms with Gasteiger partial charge in [0, 0.05) is 60.1 Å². The van der Waals surface area contributed by atoms with Crippen molar-refractivity contribution >= 4 is 17.4 Å². The van der Waals surface area contributed by atoms with E-state index in [1.54, 1.807) is 0 Å². The van der Waals surface area contributed by atoms with Crippen LogP contribution in [0.2, 0.25) is 5.02 Å². The molecule has 2 saturated carbocycles. The van der Waals surface area contributed by atoms with Gasteiger partial charge in [-0.1, -0.05) is 11.6 Å². The second kappa shape index (κ2) is 7.73. The first kappa shape index (κ1) is 23.5. The summed E-state index contributed by atoms with van der Waals surface area (Å²) >= 11 is 6.39. The zero-order chi connectivity index (χ0) is 25.7. The Balaban J connectivity index is 1.14. The third-order valence-corrected chi connectivity index (χ3v) is 9.19. The number of alkyl halides is 2. The number of halogens is 3. The van der Waals surface area contributed by atoms with Gasteiger partial charge in [-0.15, -0.1) is 10.2 Å². The first-order valence-corrected chi connectivity index (χ1v) is 13.5. The maximum absolute atomic E-state index is 13.9. The number of benzene rings is 1. The van der Waals surface area contributed by atoms with Gasteiger partial charge >= 0.3 is 0 Å². The number of rotatable bonds is 3. The number of hydrogen-bond acceptors (Lipinski definition) is 5.